The summed E-state index contributed by atoms with van der Waals surface area (Å²) in [6.07, 6.45) is 0. The van der Waals surface area contributed by atoms with Crippen molar-refractivity contribution in [2.45, 2.75) is 6.92 Å². The minimum absolute atomic E-state index is 0.104. The maximum absolute atomic E-state index is 11.1. The zero-order valence-corrected chi connectivity index (χ0v) is 7.77. The number of benzene rings is 1. The van der Waals surface area contributed by atoms with E-state index in [-0.39, 0.29) is 5.56 Å². The molecule has 0 fully saturated rings. The molecule has 2 aromatic rings. The largest absolute Gasteiger partial charge is 0.322 e. The first-order valence-electron chi connectivity index (χ1n) is 3.88. The Hall–Kier alpha value is -1.28. The van der Waals surface area contributed by atoms with E-state index in [9.17, 15) is 4.79 Å². The van der Waals surface area contributed by atoms with Gasteiger partial charge >= 0.3 is 0 Å². The fourth-order valence-electron chi connectivity index (χ4n) is 1.34. The molecule has 0 aliphatic heterocycles. The fraction of sp³-hybridized carbons (Fsp3) is 0.100. The highest BCUT2D eigenvalue weighted by Crippen LogP contribution is 2.17. The van der Waals surface area contributed by atoms with Crippen LogP contribution in [0.1, 0.15) is 5.56 Å². The van der Waals surface area contributed by atoms with Crippen molar-refractivity contribution >= 4 is 22.5 Å². The molecule has 0 spiro atoms. The molecule has 0 saturated heterocycles. The van der Waals surface area contributed by atoms with Crippen LogP contribution in [0.15, 0.2) is 23.0 Å². The molecular formula is C10H7ClNO. The lowest BCUT2D eigenvalue weighted by atomic mass is 10.1. The van der Waals surface area contributed by atoms with E-state index in [1.54, 1.807) is 18.2 Å². The summed E-state index contributed by atoms with van der Waals surface area (Å²) in [6.45, 7) is 1.89. The number of halogens is 1. The Balaban J connectivity index is 2.94. The Morgan fingerprint density at radius 3 is 3.00 bits per heavy atom. The number of aromatic nitrogens is 1. The summed E-state index contributed by atoms with van der Waals surface area (Å²) in [7, 11) is 0. The third-order valence-electron chi connectivity index (χ3n) is 1.95. The first-order chi connectivity index (χ1) is 6.16. The Morgan fingerprint density at radius 1 is 1.46 bits per heavy atom. The van der Waals surface area contributed by atoms with E-state index >= 15 is 0 Å². The first-order valence-corrected chi connectivity index (χ1v) is 4.25. The van der Waals surface area contributed by atoms with Crippen LogP contribution in [0.5, 0.6) is 0 Å². The molecule has 0 saturated carbocycles. The van der Waals surface area contributed by atoms with Gasteiger partial charge in [-0.25, -0.2) is 0 Å². The van der Waals surface area contributed by atoms with Crippen LogP contribution in [0.3, 0.4) is 0 Å². The quantitative estimate of drug-likeness (QED) is 0.683. The normalized spacial score (nSPS) is 10.6. The molecule has 0 unspecified atom stereocenters. The van der Waals surface area contributed by atoms with E-state index < -0.39 is 0 Å². The zero-order valence-electron chi connectivity index (χ0n) is 7.02. The lowest BCUT2D eigenvalue weighted by Crippen LogP contribution is -2.04. The summed E-state index contributed by atoms with van der Waals surface area (Å²) in [6, 6.07) is 7.92. The van der Waals surface area contributed by atoms with Gasteiger partial charge in [-0.1, -0.05) is 11.6 Å². The molecule has 0 aliphatic rings. The fourth-order valence-corrected chi connectivity index (χ4v) is 1.50. The maximum Gasteiger partial charge on any atom is 0.248 e. The van der Waals surface area contributed by atoms with Gasteiger partial charge < -0.3 is 4.98 Å². The van der Waals surface area contributed by atoms with Crippen molar-refractivity contribution in [1.29, 1.82) is 0 Å². The summed E-state index contributed by atoms with van der Waals surface area (Å²) >= 11 is 5.75. The molecule has 0 atom stereocenters. The van der Waals surface area contributed by atoms with Crippen LogP contribution in [-0.4, -0.2) is 4.98 Å². The van der Waals surface area contributed by atoms with Crippen LogP contribution in [-0.2, 0) is 0 Å². The van der Waals surface area contributed by atoms with Crippen LogP contribution >= 0.6 is 11.6 Å². The molecule has 0 bridgehead atoms. The molecule has 1 aromatic carbocycles. The summed E-state index contributed by atoms with van der Waals surface area (Å²) in [4.78, 5) is 13.8. The molecule has 2 rings (SSSR count). The van der Waals surface area contributed by atoms with E-state index in [4.69, 9.17) is 11.6 Å². The minimum atomic E-state index is -0.104. The Bertz CT molecular complexity index is 516. The van der Waals surface area contributed by atoms with Crippen LogP contribution < -0.4 is 5.56 Å². The second kappa shape index (κ2) is 2.89. The summed E-state index contributed by atoms with van der Waals surface area (Å²) in [5, 5.41) is 1.48. The number of fused-ring (bicyclic) bond motifs is 1. The molecule has 0 aliphatic carbocycles. The smallest absolute Gasteiger partial charge is 0.248 e. The second-order valence-corrected chi connectivity index (χ2v) is 3.33. The van der Waals surface area contributed by atoms with E-state index in [2.05, 4.69) is 11.1 Å². The van der Waals surface area contributed by atoms with Crippen molar-refractivity contribution in [3.8, 4) is 0 Å². The predicted molar refractivity (Wildman–Crippen MR) is 53.2 cm³/mol. The lowest BCUT2D eigenvalue weighted by Gasteiger charge is -2.00. The molecule has 0 amide bonds. The highest BCUT2D eigenvalue weighted by atomic mass is 35.5. The molecule has 1 N–H and O–H groups in total. The number of aromatic amines is 1. The van der Waals surface area contributed by atoms with Gasteiger partial charge in [-0.2, -0.15) is 0 Å². The minimum Gasteiger partial charge on any atom is -0.322 e. The lowest BCUT2D eigenvalue weighted by molar-refractivity contribution is 1.28. The average Bonchev–Trinajstić information content (AvgIpc) is 2.02. The number of rotatable bonds is 0. The Labute approximate surface area is 80.2 Å². The second-order valence-electron chi connectivity index (χ2n) is 2.92. The van der Waals surface area contributed by atoms with Gasteiger partial charge in [0.1, 0.15) is 0 Å². The van der Waals surface area contributed by atoms with E-state index in [1.807, 2.05) is 6.92 Å². The van der Waals surface area contributed by atoms with Crippen LogP contribution in [0, 0.1) is 13.0 Å². The topological polar surface area (TPSA) is 32.9 Å². The predicted octanol–water partition coefficient (Wildman–Crippen LogP) is 2.29. The zero-order chi connectivity index (χ0) is 9.42. The van der Waals surface area contributed by atoms with Crippen LogP contribution in [0.4, 0.5) is 0 Å². The molecule has 2 nitrogen and oxygen atoms in total. The molecule has 1 aromatic heterocycles. The third kappa shape index (κ3) is 1.45. The summed E-state index contributed by atoms with van der Waals surface area (Å²) in [5.41, 5.74) is 1.59. The summed E-state index contributed by atoms with van der Waals surface area (Å²) < 4.78 is 0. The van der Waals surface area contributed by atoms with E-state index in [1.165, 1.54) is 0 Å². The van der Waals surface area contributed by atoms with Crippen LogP contribution in [0.25, 0.3) is 10.9 Å². The van der Waals surface area contributed by atoms with Crippen LogP contribution in [0.2, 0.25) is 5.02 Å². The average molecular weight is 193 g/mol. The van der Waals surface area contributed by atoms with Gasteiger partial charge in [-0.3, -0.25) is 4.79 Å². The van der Waals surface area contributed by atoms with Gasteiger partial charge in [0.05, 0.1) is 10.5 Å². The standard InChI is InChI=1S/C10H7ClNO/c1-6-4-10(13)12-9-5-7(11)2-3-8(6)9/h3-5H,1H3,(H,12,13). The van der Waals surface area contributed by atoms with Gasteiger partial charge in [-0.15, -0.1) is 0 Å². The third-order valence-corrected chi connectivity index (χ3v) is 2.16. The molecule has 65 valence electrons. The Kier molecular flexibility index (Phi) is 1.85. The Morgan fingerprint density at radius 2 is 2.23 bits per heavy atom. The van der Waals surface area contributed by atoms with Crippen molar-refractivity contribution in [3.63, 3.8) is 0 Å². The highest BCUT2D eigenvalue weighted by molar-refractivity contribution is 6.31. The van der Waals surface area contributed by atoms with E-state index in [0.717, 1.165) is 16.5 Å². The SMILES string of the molecule is Cc1cc(=O)[nH]c2cc(Cl)[c]cc12. The molecular weight excluding hydrogens is 186 g/mol. The molecule has 3 heteroatoms. The summed E-state index contributed by atoms with van der Waals surface area (Å²) in [5.74, 6) is 0. The molecule has 1 heterocycles. The van der Waals surface area contributed by atoms with Crippen molar-refractivity contribution in [3.05, 3.63) is 45.2 Å². The molecule has 1 radical (unpaired) electrons. The van der Waals surface area contributed by atoms with E-state index in [0.29, 0.717) is 5.02 Å². The first kappa shape index (κ1) is 8.32. The van der Waals surface area contributed by atoms with Gasteiger partial charge in [0.2, 0.25) is 5.56 Å². The number of aryl methyl sites for hydroxylation is 1. The number of pyridine rings is 1. The monoisotopic (exact) mass is 192 g/mol. The number of hydrogen-bond acceptors (Lipinski definition) is 1. The van der Waals surface area contributed by atoms with Gasteiger partial charge in [0.15, 0.2) is 0 Å². The van der Waals surface area contributed by atoms with Crippen molar-refractivity contribution in [1.82, 2.24) is 4.98 Å². The molecule has 13 heavy (non-hydrogen) atoms. The van der Waals surface area contributed by atoms with Crippen molar-refractivity contribution in [2.24, 2.45) is 0 Å². The van der Waals surface area contributed by atoms with Gasteiger partial charge in [0.25, 0.3) is 0 Å². The van der Waals surface area contributed by atoms with Gasteiger partial charge in [0, 0.05) is 17.5 Å². The maximum atomic E-state index is 11.1. The highest BCUT2D eigenvalue weighted by Gasteiger charge is 1.99. The van der Waals surface area contributed by atoms with Gasteiger partial charge in [-0.05, 0) is 24.6 Å². The van der Waals surface area contributed by atoms with Crippen molar-refractivity contribution < 1.29 is 0 Å². The van der Waals surface area contributed by atoms with Crippen molar-refractivity contribution in [2.75, 3.05) is 0 Å². The number of H-pyrrole nitrogens is 1. The number of hydrogen-bond donors (Lipinski definition) is 1. The number of nitrogens with one attached hydrogen (secondary N) is 1.